The molecule has 1 aliphatic heterocycles. The van der Waals surface area contributed by atoms with E-state index in [-0.39, 0.29) is 0 Å². The summed E-state index contributed by atoms with van der Waals surface area (Å²) in [5.74, 6) is 1.48. The first-order valence-electron chi connectivity index (χ1n) is 7.30. The highest BCUT2D eigenvalue weighted by atomic mass is 15.6. The Labute approximate surface area is 115 Å². The Balaban J connectivity index is 2.02. The Morgan fingerprint density at radius 1 is 1.42 bits per heavy atom. The molecule has 108 valence electrons. The molecule has 2 rings (SSSR count). The number of piperazine rings is 1. The zero-order valence-electron chi connectivity index (χ0n) is 12.5. The number of aromatic nitrogens is 4. The first kappa shape index (κ1) is 14.4. The van der Waals surface area contributed by atoms with Gasteiger partial charge in [-0.05, 0) is 17.6 Å². The predicted octanol–water partition coefficient (Wildman–Crippen LogP) is 0.809. The fraction of sp³-hybridized carbons (Fsp3) is 0.923. The average Bonchev–Trinajstić information content (AvgIpc) is 2.77. The lowest BCUT2D eigenvalue weighted by Gasteiger charge is -2.41. The fourth-order valence-electron chi connectivity index (χ4n) is 2.71. The van der Waals surface area contributed by atoms with E-state index in [4.69, 9.17) is 0 Å². The maximum atomic E-state index is 4.30. The van der Waals surface area contributed by atoms with Gasteiger partial charge in [0.1, 0.15) is 0 Å². The van der Waals surface area contributed by atoms with Crippen molar-refractivity contribution in [1.29, 1.82) is 0 Å². The molecule has 0 bridgehead atoms. The van der Waals surface area contributed by atoms with E-state index in [1.165, 1.54) is 17.6 Å². The van der Waals surface area contributed by atoms with Crippen LogP contribution in [0.1, 0.15) is 39.4 Å². The SMILES string of the molecule is CCCC1CNC(C(C)C)CN1Cc1nnn(C)n1. The molecule has 6 heteroatoms. The minimum absolute atomic E-state index is 0.560. The highest BCUT2D eigenvalue weighted by molar-refractivity contribution is 4.90. The minimum atomic E-state index is 0.560. The summed E-state index contributed by atoms with van der Waals surface area (Å²) >= 11 is 0. The van der Waals surface area contributed by atoms with E-state index in [1.54, 1.807) is 0 Å². The van der Waals surface area contributed by atoms with E-state index in [0.29, 0.717) is 18.0 Å². The van der Waals surface area contributed by atoms with Gasteiger partial charge in [-0.3, -0.25) is 4.90 Å². The standard InChI is InChI=1S/C13H26N6/c1-5-6-11-7-14-12(10(2)3)8-19(11)9-13-15-17-18(4)16-13/h10-12,14H,5-9H2,1-4H3. The molecule has 0 saturated carbocycles. The quantitative estimate of drug-likeness (QED) is 0.854. The van der Waals surface area contributed by atoms with E-state index in [9.17, 15) is 0 Å². The third-order valence-electron chi connectivity index (χ3n) is 3.88. The van der Waals surface area contributed by atoms with Crippen molar-refractivity contribution < 1.29 is 0 Å². The van der Waals surface area contributed by atoms with Crippen molar-refractivity contribution in [1.82, 2.24) is 30.4 Å². The molecule has 1 N–H and O–H groups in total. The van der Waals surface area contributed by atoms with Crippen LogP contribution in [-0.4, -0.2) is 50.3 Å². The molecular formula is C13H26N6. The van der Waals surface area contributed by atoms with Gasteiger partial charge in [-0.2, -0.15) is 4.80 Å². The second kappa shape index (κ2) is 6.43. The topological polar surface area (TPSA) is 58.9 Å². The van der Waals surface area contributed by atoms with Gasteiger partial charge in [-0.1, -0.05) is 27.2 Å². The normalized spacial score (nSPS) is 25.1. The molecule has 1 aromatic rings. The van der Waals surface area contributed by atoms with Crippen LogP contribution in [0.15, 0.2) is 0 Å². The predicted molar refractivity (Wildman–Crippen MR) is 74.5 cm³/mol. The summed E-state index contributed by atoms with van der Waals surface area (Å²) < 4.78 is 0. The van der Waals surface area contributed by atoms with Crippen molar-refractivity contribution in [2.24, 2.45) is 13.0 Å². The Hall–Kier alpha value is -1.01. The number of nitrogens with one attached hydrogen (secondary N) is 1. The summed E-state index contributed by atoms with van der Waals surface area (Å²) in [6.45, 7) is 9.74. The van der Waals surface area contributed by atoms with Crippen LogP contribution in [0.4, 0.5) is 0 Å². The Bertz CT molecular complexity index is 388. The first-order valence-corrected chi connectivity index (χ1v) is 7.30. The third-order valence-corrected chi connectivity index (χ3v) is 3.88. The Kier molecular flexibility index (Phi) is 4.87. The summed E-state index contributed by atoms with van der Waals surface area (Å²) in [7, 11) is 1.81. The van der Waals surface area contributed by atoms with E-state index >= 15 is 0 Å². The monoisotopic (exact) mass is 266 g/mol. The number of hydrogen-bond donors (Lipinski definition) is 1. The molecule has 2 heterocycles. The molecule has 19 heavy (non-hydrogen) atoms. The van der Waals surface area contributed by atoms with Gasteiger partial charge in [0, 0.05) is 25.2 Å². The molecule has 1 aliphatic rings. The van der Waals surface area contributed by atoms with Gasteiger partial charge in [-0.25, -0.2) is 0 Å². The molecule has 0 spiro atoms. The largest absolute Gasteiger partial charge is 0.311 e. The van der Waals surface area contributed by atoms with Crippen molar-refractivity contribution >= 4 is 0 Å². The summed E-state index contributed by atoms with van der Waals surface area (Å²) in [4.78, 5) is 4.05. The molecule has 0 radical (unpaired) electrons. The lowest BCUT2D eigenvalue weighted by molar-refractivity contribution is 0.0970. The summed E-state index contributed by atoms with van der Waals surface area (Å²) in [6, 6.07) is 1.15. The molecule has 2 unspecified atom stereocenters. The van der Waals surface area contributed by atoms with Gasteiger partial charge < -0.3 is 5.32 Å². The molecule has 0 aromatic carbocycles. The Morgan fingerprint density at radius 3 is 2.79 bits per heavy atom. The van der Waals surface area contributed by atoms with E-state index < -0.39 is 0 Å². The van der Waals surface area contributed by atoms with Crippen LogP contribution in [-0.2, 0) is 13.6 Å². The van der Waals surface area contributed by atoms with E-state index in [1.807, 2.05) is 7.05 Å². The average molecular weight is 266 g/mol. The fourth-order valence-corrected chi connectivity index (χ4v) is 2.71. The van der Waals surface area contributed by atoms with Crippen LogP contribution in [0.25, 0.3) is 0 Å². The summed E-state index contributed by atoms with van der Waals surface area (Å²) in [5.41, 5.74) is 0. The van der Waals surface area contributed by atoms with Gasteiger partial charge in [-0.15, -0.1) is 10.2 Å². The number of aryl methyl sites for hydroxylation is 1. The molecule has 6 nitrogen and oxygen atoms in total. The van der Waals surface area contributed by atoms with Gasteiger partial charge in [0.05, 0.1) is 13.6 Å². The van der Waals surface area contributed by atoms with Crippen LogP contribution in [0, 0.1) is 5.92 Å². The second-order valence-corrected chi connectivity index (χ2v) is 5.83. The molecule has 0 aliphatic carbocycles. The smallest absolute Gasteiger partial charge is 0.188 e. The van der Waals surface area contributed by atoms with Crippen molar-refractivity contribution in [2.75, 3.05) is 13.1 Å². The number of nitrogens with zero attached hydrogens (tertiary/aromatic N) is 5. The minimum Gasteiger partial charge on any atom is -0.311 e. The zero-order chi connectivity index (χ0) is 13.8. The van der Waals surface area contributed by atoms with Crippen LogP contribution in [0.3, 0.4) is 0 Å². The van der Waals surface area contributed by atoms with Gasteiger partial charge in [0.15, 0.2) is 5.82 Å². The lowest BCUT2D eigenvalue weighted by Crippen LogP contribution is -2.57. The van der Waals surface area contributed by atoms with Gasteiger partial charge in [0.2, 0.25) is 0 Å². The second-order valence-electron chi connectivity index (χ2n) is 5.83. The Morgan fingerprint density at radius 2 is 2.21 bits per heavy atom. The lowest BCUT2D eigenvalue weighted by atomic mass is 9.97. The molecule has 1 fully saturated rings. The summed E-state index contributed by atoms with van der Waals surface area (Å²) in [6.07, 6.45) is 2.43. The van der Waals surface area contributed by atoms with Crippen molar-refractivity contribution in [3.05, 3.63) is 5.82 Å². The highest BCUT2D eigenvalue weighted by Crippen LogP contribution is 2.17. The molecular weight excluding hydrogens is 240 g/mol. The van der Waals surface area contributed by atoms with Crippen LogP contribution in [0.2, 0.25) is 0 Å². The number of rotatable bonds is 5. The van der Waals surface area contributed by atoms with Crippen molar-refractivity contribution in [2.45, 2.75) is 52.2 Å². The number of hydrogen-bond acceptors (Lipinski definition) is 5. The first-order chi connectivity index (χ1) is 9.10. The van der Waals surface area contributed by atoms with Gasteiger partial charge >= 0.3 is 0 Å². The third kappa shape index (κ3) is 3.73. The molecule has 0 amide bonds. The van der Waals surface area contributed by atoms with Crippen LogP contribution in [0.5, 0.6) is 0 Å². The van der Waals surface area contributed by atoms with E-state index in [2.05, 4.69) is 46.4 Å². The number of tetrazole rings is 1. The van der Waals surface area contributed by atoms with Crippen LogP contribution >= 0.6 is 0 Å². The maximum Gasteiger partial charge on any atom is 0.188 e. The molecule has 1 aromatic heterocycles. The molecule has 1 saturated heterocycles. The molecule has 2 atom stereocenters. The zero-order valence-corrected chi connectivity index (χ0v) is 12.5. The van der Waals surface area contributed by atoms with Crippen molar-refractivity contribution in [3.63, 3.8) is 0 Å². The summed E-state index contributed by atoms with van der Waals surface area (Å²) in [5, 5.41) is 16.0. The van der Waals surface area contributed by atoms with Crippen molar-refractivity contribution in [3.8, 4) is 0 Å². The van der Waals surface area contributed by atoms with Gasteiger partial charge in [0.25, 0.3) is 0 Å². The maximum absolute atomic E-state index is 4.30. The van der Waals surface area contributed by atoms with E-state index in [0.717, 1.165) is 25.5 Å². The van der Waals surface area contributed by atoms with Crippen LogP contribution < -0.4 is 5.32 Å². The highest BCUT2D eigenvalue weighted by Gasteiger charge is 2.29.